The quantitative estimate of drug-likeness (QED) is 0.529. The van der Waals surface area contributed by atoms with Gasteiger partial charge >= 0.3 is 0 Å². The lowest BCUT2D eigenvalue weighted by Crippen LogP contribution is -2.34. The van der Waals surface area contributed by atoms with Crippen LogP contribution in [0.4, 0.5) is 0 Å². The van der Waals surface area contributed by atoms with Crippen LogP contribution in [0.25, 0.3) is 0 Å². The molecule has 0 bridgehead atoms. The first kappa shape index (κ1) is 16.2. The summed E-state index contributed by atoms with van der Waals surface area (Å²) in [4.78, 5) is 3.96. The molecule has 0 aromatic carbocycles. The average Bonchev–Trinajstić information content (AvgIpc) is 3.51. The fourth-order valence-electron chi connectivity index (χ4n) is 2.40. The first-order valence-corrected chi connectivity index (χ1v) is 10.5. The Kier molecular flexibility index (Phi) is 4.16. The zero-order chi connectivity index (χ0) is 18.1. The van der Waals surface area contributed by atoms with Crippen molar-refractivity contribution >= 4 is 57.4 Å². The number of hydrogen-bond acceptors (Lipinski definition) is 11. The molecule has 4 N–H and O–H groups in total. The van der Waals surface area contributed by atoms with E-state index in [-0.39, 0.29) is 0 Å². The van der Waals surface area contributed by atoms with E-state index in [4.69, 9.17) is 0 Å². The number of hydrogen-bond donors (Lipinski definition) is 4. The topological polar surface area (TPSA) is 97.6 Å². The first-order chi connectivity index (χ1) is 13.4. The van der Waals surface area contributed by atoms with Crippen LogP contribution in [0.1, 0.15) is 19.5 Å². The van der Waals surface area contributed by atoms with E-state index in [1.54, 1.807) is 34.0 Å². The maximum atomic E-state index is 4.38. The summed E-state index contributed by atoms with van der Waals surface area (Å²) in [5.41, 5.74) is 12.0. The van der Waals surface area contributed by atoms with Gasteiger partial charge in [-0.2, -0.15) is 20.4 Å². The average molecular weight is 413 g/mol. The summed E-state index contributed by atoms with van der Waals surface area (Å²) >= 11 is 4.76. The van der Waals surface area contributed by atoms with Crippen LogP contribution >= 0.6 is 34.0 Å². The molecule has 0 spiro atoms. The van der Waals surface area contributed by atoms with Crippen molar-refractivity contribution in [2.24, 2.45) is 20.4 Å². The van der Waals surface area contributed by atoms with Gasteiger partial charge in [0.05, 0.1) is 19.5 Å². The summed E-state index contributed by atoms with van der Waals surface area (Å²) in [5.74, 6) is 2.75. The van der Waals surface area contributed by atoms with E-state index in [2.05, 4.69) is 42.1 Å². The Balaban J connectivity index is 1.27. The zero-order valence-electron chi connectivity index (χ0n) is 13.6. The van der Waals surface area contributed by atoms with Crippen molar-refractivity contribution < 1.29 is 0 Å². The summed E-state index contributed by atoms with van der Waals surface area (Å²) in [6, 6.07) is 11.9. The van der Waals surface area contributed by atoms with Crippen molar-refractivity contribution in [3.8, 4) is 0 Å². The molecule has 0 saturated heterocycles. The summed E-state index contributed by atoms with van der Waals surface area (Å²) < 4.78 is 0. The van der Waals surface area contributed by atoms with Gasteiger partial charge in [-0.3, -0.25) is 21.7 Å². The molecule has 27 heavy (non-hydrogen) atoms. The van der Waals surface area contributed by atoms with Crippen molar-refractivity contribution in [1.29, 1.82) is 0 Å². The molecule has 8 nitrogen and oxygen atoms in total. The second-order valence-electron chi connectivity index (χ2n) is 5.41. The Morgan fingerprint density at radius 1 is 0.519 bits per heavy atom. The Bertz CT molecular complexity index is 988. The van der Waals surface area contributed by atoms with Crippen molar-refractivity contribution in [3.63, 3.8) is 0 Å². The number of rotatable bonds is 4. The predicted octanol–water partition coefficient (Wildman–Crippen LogP) is 2.30. The highest BCUT2D eigenvalue weighted by Crippen LogP contribution is 2.19. The number of amidine groups is 4. The van der Waals surface area contributed by atoms with E-state index in [0.717, 1.165) is 19.5 Å². The molecule has 0 amide bonds. The van der Waals surface area contributed by atoms with Crippen molar-refractivity contribution in [1.82, 2.24) is 21.7 Å². The molecular weight excluding hydrogens is 400 g/mol. The summed E-state index contributed by atoms with van der Waals surface area (Å²) in [6.45, 7) is 0. The van der Waals surface area contributed by atoms with E-state index in [1.165, 1.54) is 0 Å². The molecule has 5 heterocycles. The fraction of sp³-hybridized carbons (Fsp3) is 0. The molecule has 5 rings (SSSR count). The number of nitrogens with one attached hydrogen (secondary N) is 4. The van der Waals surface area contributed by atoms with Crippen LogP contribution in [0.5, 0.6) is 0 Å². The number of thiophene rings is 3. The predicted molar refractivity (Wildman–Crippen MR) is 112 cm³/mol. The van der Waals surface area contributed by atoms with E-state index in [9.17, 15) is 0 Å². The van der Waals surface area contributed by atoms with Crippen molar-refractivity contribution in [3.05, 3.63) is 66.7 Å². The van der Waals surface area contributed by atoms with Crippen molar-refractivity contribution in [2.75, 3.05) is 0 Å². The lowest BCUT2D eigenvalue weighted by Gasteiger charge is -2.13. The van der Waals surface area contributed by atoms with Crippen LogP contribution in [0.3, 0.4) is 0 Å². The second-order valence-corrected chi connectivity index (χ2v) is 8.39. The molecule has 2 aliphatic rings. The normalized spacial score (nSPS) is 16.0. The molecule has 3 aromatic heterocycles. The highest BCUT2D eigenvalue weighted by molar-refractivity contribution is 7.16. The number of hydrazone groups is 4. The molecule has 0 fully saturated rings. The largest absolute Gasteiger partial charge is 0.257 e. The van der Waals surface area contributed by atoms with Crippen LogP contribution in [0.15, 0.2) is 67.6 Å². The lowest BCUT2D eigenvalue weighted by atomic mass is 10.4. The molecule has 11 heteroatoms. The summed E-state index contributed by atoms with van der Waals surface area (Å²) in [6.07, 6.45) is 0. The van der Waals surface area contributed by atoms with E-state index in [0.29, 0.717) is 23.3 Å². The van der Waals surface area contributed by atoms with Gasteiger partial charge in [0.15, 0.2) is 23.3 Å². The zero-order valence-corrected chi connectivity index (χ0v) is 16.1. The van der Waals surface area contributed by atoms with E-state index >= 15 is 0 Å². The van der Waals surface area contributed by atoms with E-state index in [1.807, 2.05) is 47.2 Å². The third-order valence-electron chi connectivity index (χ3n) is 3.68. The first-order valence-electron chi connectivity index (χ1n) is 7.90. The van der Waals surface area contributed by atoms with Gasteiger partial charge in [-0.25, -0.2) is 0 Å². The minimum atomic E-state index is 0.665. The Labute approximate surface area is 166 Å². The molecule has 0 radical (unpaired) electrons. The monoisotopic (exact) mass is 412 g/mol. The maximum absolute atomic E-state index is 4.38. The lowest BCUT2D eigenvalue weighted by molar-refractivity contribution is 0.888. The fourth-order valence-corrected chi connectivity index (χ4v) is 4.61. The molecular formula is C16H12N8S3. The highest BCUT2D eigenvalue weighted by atomic mass is 32.1. The maximum Gasteiger partial charge on any atom is 0.183 e. The third kappa shape index (κ3) is 3.23. The van der Waals surface area contributed by atoms with E-state index < -0.39 is 0 Å². The van der Waals surface area contributed by atoms with Crippen LogP contribution in [-0.2, 0) is 0 Å². The van der Waals surface area contributed by atoms with Gasteiger partial charge in [0, 0.05) is 0 Å². The second kappa shape index (κ2) is 6.95. The standard InChI is InChI=1S/C16H12N8S3/c1-3-9(25-7-1)13-17-21-15(22-18-13)11-5-6-12(27-11)16-23-19-14(20-24-16)10-4-2-8-26-10/h1-8H,(H,17,18)(H,19,20)(H,21,22)(H,23,24). The van der Waals surface area contributed by atoms with Gasteiger partial charge in [-0.05, 0) is 35.0 Å². The third-order valence-corrected chi connectivity index (χ3v) is 6.53. The van der Waals surface area contributed by atoms with Crippen LogP contribution in [-0.4, -0.2) is 23.3 Å². The Morgan fingerprint density at radius 3 is 1.26 bits per heavy atom. The molecule has 0 saturated carbocycles. The summed E-state index contributed by atoms with van der Waals surface area (Å²) in [5, 5.41) is 21.5. The van der Waals surface area contributed by atoms with Crippen LogP contribution in [0, 0.1) is 0 Å². The van der Waals surface area contributed by atoms with Gasteiger partial charge in [0.2, 0.25) is 0 Å². The molecule has 0 atom stereocenters. The smallest absolute Gasteiger partial charge is 0.183 e. The van der Waals surface area contributed by atoms with Gasteiger partial charge in [-0.1, -0.05) is 12.1 Å². The number of nitrogens with zero attached hydrogens (tertiary/aromatic N) is 4. The van der Waals surface area contributed by atoms with Crippen LogP contribution in [0.2, 0.25) is 0 Å². The Hall–Kier alpha value is -3.02. The minimum Gasteiger partial charge on any atom is -0.257 e. The highest BCUT2D eigenvalue weighted by Gasteiger charge is 2.17. The summed E-state index contributed by atoms with van der Waals surface area (Å²) in [7, 11) is 0. The Morgan fingerprint density at radius 2 is 0.926 bits per heavy atom. The molecule has 0 aliphatic carbocycles. The molecule has 3 aromatic rings. The molecule has 2 aliphatic heterocycles. The van der Waals surface area contributed by atoms with Crippen molar-refractivity contribution in [2.45, 2.75) is 0 Å². The molecule has 0 unspecified atom stereocenters. The van der Waals surface area contributed by atoms with Gasteiger partial charge in [0.1, 0.15) is 0 Å². The molecule has 134 valence electrons. The van der Waals surface area contributed by atoms with Gasteiger partial charge in [-0.15, -0.1) is 34.0 Å². The minimum absolute atomic E-state index is 0.665. The van der Waals surface area contributed by atoms with Crippen LogP contribution < -0.4 is 21.7 Å². The van der Waals surface area contributed by atoms with Gasteiger partial charge in [0.25, 0.3) is 0 Å². The van der Waals surface area contributed by atoms with Gasteiger partial charge < -0.3 is 0 Å². The SMILES string of the molecule is c1csc(C2=NNC(c3ccc(C4=NNC(c5cccs5)=NN4)s3)=NN2)c1.